The average Bonchev–Trinajstić information content (AvgIpc) is 2.59. The number of likely N-dealkylation sites (N-methyl/N-ethyl adjacent to an activating group) is 1. The molecule has 1 heterocycles. The van der Waals surface area contributed by atoms with Gasteiger partial charge in [0.15, 0.2) is 0 Å². The lowest BCUT2D eigenvalue weighted by molar-refractivity contribution is -0.138. The SMILES string of the molecule is CC(CNC(=O)N1CCOC(CN(C)CC(=O)O)C1)Oc1cccc(Cl)c1. The zero-order valence-corrected chi connectivity index (χ0v) is 16.3. The van der Waals surface area contributed by atoms with Crippen molar-refractivity contribution in [3.05, 3.63) is 29.3 Å². The molecule has 2 atom stereocenters. The van der Waals surface area contributed by atoms with Gasteiger partial charge in [-0.05, 0) is 32.2 Å². The number of carboxylic acids is 1. The van der Waals surface area contributed by atoms with Crippen LogP contribution in [-0.2, 0) is 9.53 Å². The molecule has 150 valence electrons. The molecule has 1 aliphatic heterocycles. The van der Waals surface area contributed by atoms with Crippen molar-refractivity contribution in [2.75, 3.05) is 46.4 Å². The number of rotatable bonds is 8. The van der Waals surface area contributed by atoms with Crippen LogP contribution in [0.4, 0.5) is 4.79 Å². The second kappa shape index (κ2) is 10.3. The van der Waals surface area contributed by atoms with Crippen LogP contribution in [0.15, 0.2) is 24.3 Å². The Kier molecular flexibility index (Phi) is 8.15. The van der Waals surface area contributed by atoms with Crippen molar-refractivity contribution in [3.8, 4) is 5.75 Å². The first-order chi connectivity index (χ1) is 12.8. The average molecular weight is 400 g/mol. The van der Waals surface area contributed by atoms with Gasteiger partial charge in [-0.1, -0.05) is 17.7 Å². The number of nitrogens with zero attached hydrogens (tertiary/aromatic N) is 2. The minimum atomic E-state index is -0.892. The summed E-state index contributed by atoms with van der Waals surface area (Å²) < 4.78 is 11.4. The molecular weight excluding hydrogens is 374 g/mol. The van der Waals surface area contributed by atoms with E-state index in [1.807, 2.05) is 13.0 Å². The van der Waals surface area contributed by atoms with Crippen molar-refractivity contribution in [3.63, 3.8) is 0 Å². The Bertz CT molecular complexity index is 645. The Morgan fingerprint density at radius 2 is 2.30 bits per heavy atom. The number of carboxylic acid groups (broad SMARTS) is 1. The molecule has 8 nitrogen and oxygen atoms in total. The second-order valence-corrected chi connectivity index (χ2v) is 7.04. The number of amides is 2. The first-order valence-electron chi connectivity index (χ1n) is 8.80. The molecule has 1 saturated heterocycles. The minimum Gasteiger partial charge on any atom is -0.489 e. The molecule has 2 unspecified atom stereocenters. The van der Waals surface area contributed by atoms with Gasteiger partial charge in [0.25, 0.3) is 0 Å². The molecule has 0 saturated carbocycles. The van der Waals surface area contributed by atoms with E-state index in [9.17, 15) is 9.59 Å². The largest absolute Gasteiger partial charge is 0.489 e. The first kappa shape index (κ1) is 21.3. The fourth-order valence-corrected chi connectivity index (χ4v) is 2.99. The lowest BCUT2D eigenvalue weighted by Crippen LogP contribution is -2.53. The predicted molar refractivity (Wildman–Crippen MR) is 101 cm³/mol. The number of carbonyl (C=O) groups excluding carboxylic acids is 1. The number of carbonyl (C=O) groups is 2. The number of nitrogens with one attached hydrogen (secondary N) is 1. The lowest BCUT2D eigenvalue weighted by atomic mass is 10.2. The zero-order chi connectivity index (χ0) is 19.8. The second-order valence-electron chi connectivity index (χ2n) is 6.60. The lowest BCUT2D eigenvalue weighted by Gasteiger charge is -2.34. The van der Waals surface area contributed by atoms with E-state index in [1.54, 1.807) is 35.0 Å². The Morgan fingerprint density at radius 3 is 3.00 bits per heavy atom. The third-order valence-electron chi connectivity index (χ3n) is 4.02. The highest BCUT2D eigenvalue weighted by Gasteiger charge is 2.25. The number of urea groups is 1. The molecular formula is C18H26ClN3O5. The standard InChI is InChI=1S/C18H26ClN3O5/c1-13(27-15-5-3-4-14(19)8-15)9-20-18(25)22-6-7-26-16(11-22)10-21(2)12-17(23)24/h3-5,8,13,16H,6-7,9-12H2,1-2H3,(H,20,25)(H,23,24). The van der Waals surface area contributed by atoms with E-state index in [1.165, 1.54) is 0 Å². The summed E-state index contributed by atoms with van der Waals surface area (Å²) in [7, 11) is 1.71. The maximum Gasteiger partial charge on any atom is 0.317 e. The molecule has 1 fully saturated rings. The van der Waals surface area contributed by atoms with E-state index >= 15 is 0 Å². The van der Waals surface area contributed by atoms with E-state index in [2.05, 4.69) is 5.32 Å². The number of benzene rings is 1. The molecule has 27 heavy (non-hydrogen) atoms. The van der Waals surface area contributed by atoms with Crippen LogP contribution in [0.2, 0.25) is 5.02 Å². The minimum absolute atomic E-state index is 0.0651. The van der Waals surface area contributed by atoms with Gasteiger partial charge in [-0.15, -0.1) is 0 Å². The summed E-state index contributed by atoms with van der Waals surface area (Å²) in [5.41, 5.74) is 0. The molecule has 0 bridgehead atoms. The van der Waals surface area contributed by atoms with Crippen LogP contribution in [0.1, 0.15) is 6.92 Å². The molecule has 2 amide bonds. The van der Waals surface area contributed by atoms with Crippen LogP contribution in [-0.4, -0.2) is 85.5 Å². The van der Waals surface area contributed by atoms with Gasteiger partial charge >= 0.3 is 12.0 Å². The van der Waals surface area contributed by atoms with Crippen molar-refractivity contribution in [2.45, 2.75) is 19.1 Å². The van der Waals surface area contributed by atoms with Gasteiger partial charge in [0.2, 0.25) is 0 Å². The third kappa shape index (κ3) is 7.62. The Morgan fingerprint density at radius 1 is 1.52 bits per heavy atom. The molecule has 1 aromatic carbocycles. The molecule has 0 spiro atoms. The zero-order valence-electron chi connectivity index (χ0n) is 15.6. The molecule has 0 aromatic heterocycles. The number of ether oxygens (including phenoxy) is 2. The van der Waals surface area contributed by atoms with Gasteiger partial charge in [-0.2, -0.15) is 0 Å². The predicted octanol–water partition coefficient (Wildman–Crippen LogP) is 1.53. The number of morpholine rings is 1. The highest BCUT2D eigenvalue weighted by atomic mass is 35.5. The van der Waals surface area contributed by atoms with Gasteiger partial charge in [0.05, 0.1) is 25.8 Å². The van der Waals surface area contributed by atoms with E-state index in [0.717, 1.165) is 0 Å². The maximum absolute atomic E-state index is 12.4. The fraction of sp³-hybridized carbons (Fsp3) is 0.556. The molecule has 9 heteroatoms. The highest BCUT2D eigenvalue weighted by Crippen LogP contribution is 2.18. The molecule has 0 aliphatic carbocycles. The molecule has 1 aromatic rings. The van der Waals surface area contributed by atoms with E-state index in [0.29, 0.717) is 43.6 Å². The van der Waals surface area contributed by atoms with E-state index < -0.39 is 5.97 Å². The summed E-state index contributed by atoms with van der Waals surface area (Å²) in [5, 5.41) is 12.3. The number of hydrogen-bond acceptors (Lipinski definition) is 5. The molecule has 2 N–H and O–H groups in total. The van der Waals surface area contributed by atoms with Crippen LogP contribution in [0, 0.1) is 0 Å². The summed E-state index contributed by atoms with van der Waals surface area (Å²) in [6.07, 6.45) is -0.431. The topological polar surface area (TPSA) is 91.3 Å². The Hall–Kier alpha value is -2.03. The maximum atomic E-state index is 12.4. The Labute approximate surface area is 164 Å². The van der Waals surface area contributed by atoms with Gasteiger partial charge in [0.1, 0.15) is 11.9 Å². The van der Waals surface area contributed by atoms with Crippen LogP contribution in [0.5, 0.6) is 5.75 Å². The summed E-state index contributed by atoms with van der Waals surface area (Å²) in [4.78, 5) is 26.5. The fourth-order valence-electron chi connectivity index (χ4n) is 2.81. The van der Waals surface area contributed by atoms with Gasteiger partial charge in [-0.25, -0.2) is 4.79 Å². The van der Waals surface area contributed by atoms with Crippen LogP contribution in [0.3, 0.4) is 0 Å². The van der Waals surface area contributed by atoms with Crippen molar-refractivity contribution >= 4 is 23.6 Å². The van der Waals surface area contributed by atoms with Gasteiger partial charge in [0, 0.05) is 24.7 Å². The van der Waals surface area contributed by atoms with Crippen LogP contribution in [0.25, 0.3) is 0 Å². The normalized spacial score (nSPS) is 18.2. The molecule has 0 radical (unpaired) electrons. The quantitative estimate of drug-likeness (QED) is 0.689. The highest BCUT2D eigenvalue weighted by molar-refractivity contribution is 6.30. The number of aliphatic carboxylic acids is 1. The third-order valence-corrected chi connectivity index (χ3v) is 4.26. The number of hydrogen-bond donors (Lipinski definition) is 2. The monoisotopic (exact) mass is 399 g/mol. The summed E-state index contributed by atoms with van der Waals surface area (Å²) in [6.45, 7) is 3.94. The van der Waals surface area contributed by atoms with Crippen LogP contribution >= 0.6 is 11.6 Å². The van der Waals surface area contributed by atoms with Crippen LogP contribution < -0.4 is 10.1 Å². The summed E-state index contributed by atoms with van der Waals surface area (Å²) in [6, 6.07) is 6.91. The van der Waals surface area contributed by atoms with Crippen molar-refractivity contribution in [1.29, 1.82) is 0 Å². The van der Waals surface area contributed by atoms with Crippen molar-refractivity contribution < 1.29 is 24.2 Å². The summed E-state index contributed by atoms with van der Waals surface area (Å²) >= 11 is 5.93. The first-order valence-corrected chi connectivity index (χ1v) is 9.18. The van der Waals surface area contributed by atoms with Gasteiger partial charge < -0.3 is 24.8 Å². The summed E-state index contributed by atoms with van der Waals surface area (Å²) in [5.74, 6) is -0.242. The smallest absolute Gasteiger partial charge is 0.317 e. The van der Waals surface area contributed by atoms with Crippen molar-refractivity contribution in [1.82, 2.24) is 15.1 Å². The van der Waals surface area contributed by atoms with Crippen molar-refractivity contribution in [2.24, 2.45) is 0 Å². The Balaban J connectivity index is 1.75. The van der Waals surface area contributed by atoms with E-state index in [4.69, 9.17) is 26.2 Å². The molecule has 1 aliphatic rings. The number of halogens is 1. The van der Waals surface area contributed by atoms with Gasteiger partial charge in [-0.3, -0.25) is 9.69 Å². The van der Waals surface area contributed by atoms with E-state index in [-0.39, 0.29) is 24.8 Å². The molecule has 2 rings (SSSR count).